The number of nitrogens with one attached hydrogen (secondary N) is 1. The van der Waals surface area contributed by atoms with Crippen LogP contribution in [0.5, 0.6) is 0 Å². The summed E-state index contributed by atoms with van der Waals surface area (Å²) in [4.78, 5) is 0. The molecular weight excluding hydrogens is 281 g/mol. The Morgan fingerprint density at radius 3 is 2.59 bits per heavy atom. The van der Waals surface area contributed by atoms with Gasteiger partial charge in [-0.1, -0.05) is 43.6 Å². The van der Waals surface area contributed by atoms with Gasteiger partial charge in [-0.25, -0.2) is 4.39 Å². The Kier molecular flexibility index (Phi) is 5.14. The van der Waals surface area contributed by atoms with Crippen molar-refractivity contribution in [1.29, 1.82) is 0 Å². The Hall–Kier alpha value is -0.410. The second-order valence-corrected chi connectivity index (χ2v) is 6.28. The summed E-state index contributed by atoms with van der Waals surface area (Å²) in [5, 5.41) is 3.37. The fraction of sp³-hybridized carbons (Fsp3) is 0.571. The highest BCUT2D eigenvalue weighted by Gasteiger charge is 2.23. The Morgan fingerprint density at radius 1 is 1.35 bits per heavy atom. The maximum atomic E-state index is 13.8. The summed E-state index contributed by atoms with van der Waals surface area (Å²) in [7, 11) is 0. The molecular formula is C14H21BrFN. The van der Waals surface area contributed by atoms with Gasteiger partial charge >= 0.3 is 0 Å². The summed E-state index contributed by atoms with van der Waals surface area (Å²) >= 11 is 3.40. The number of hydrogen-bond donors (Lipinski definition) is 1. The first-order valence-electron chi connectivity index (χ1n) is 6.02. The molecule has 1 aromatic carbocycles. The molecule has 0 heterocycles. The molecule has 0 unspecified atom stereocenters. The maximum Gasteiger partial charge on any atom is 0.127 e. The van der Waals surface area contributed by atoms with E-state index in [-0.39, 0.29) is 11.2 Å². The third kappa shape index (κ3) is 4.40. The van der Waals surface area contributed by atoms with Crippen LogP contribution in [0.4, 0.5) is 4.39 Å². The summed E-state index contributed by atoms with van der Waals surface area (Å²) in [5.74, 6) is -0.122. The SMILES string of the molecule is CC(C)NCCC(C)(C)c1cc(Br)ccc1F. The minimum atomic E-state index is -0.157. The Balaban J connectivity index is 2.77. The number of halogens is 2. The van der Waals surface area contributed by atoms with Gasteiger partial charge in [-0.3, -0.25) is 0 Å². The van der Waals surface area contributed by atoms with Gasteiger partial charge in [0.2, 0.25) is 0 Å². The topological polar surface area (TPSA) is 12.0 Å². The van der Waals surface area contributed by atoms with Crippen LogP contribution in [0.15, 0.2) is 22.7 Å². The van der Waals surface area contributed by atoms with Crippen LogP contribution in [0.3, 0.4) is 0 Å². The zero-order valence-corrected chi connectivity index (χ0v) is 12.6. The molecule has 0 amide bonds. The fourth-order valence-corrected chi connectivity index (χ4v) is 2.19. The highest BCUT2D eigenvalue weighted by Crippen LogP contribution is 2.30. The van der Waals surface area contributed by atoms with Crippen molar-refractivity contribution in [1.82, 2.24) is 5.32 Å². The largest absolute Gasteiger partial charge is 0.315 e. The lowest BCUT2D eigenvalue weighted by Gasteiger charge is -2.26. The smallest absolute Gasteiger partial charge is 0.127 e. The molecule has 0 aliphatic carbocycles. The summed E-state index contributed by atoms with van der Waals surface area (Å²) in [6, 6.07) is 5.61. The average Bonchev–Trinajstić information content (AvgIpc) is 2.20. The highest BCUT2D eigenvalue weighted by molar-refractivity contribution is 9.10. The van der Waals surface area contributed by atoms with E-state index in [0.717, 1.165) is 23.0 Å². The van der Waals surface area contributed by atoms with E-state index < -0.39 is 0 Å². The van der Waals surface area contributed by atoms with Crippen molar-refractivity contribution in [2.45, 2.75) is 45.6 Å². The third-order valence-corrected chi connectivity index (χ3v) is 3.45. The van der Waals surface area contributed by atoms with E-state index in [4.69, 9.17) is 0 Å². The first-order valence-corrected chi connectivity index (χ1v) is 6.81. The molecule has 1 aromatic rings. The van der Waals surface area contributed by atoms with Gasteiger partial charge in [0.1, 0.15) is 5.82 Å². The van der Waals surface area contributed by atoms with Crippen LogP contribution in [0, 0.1) is 5.82 Å². The Labute approximate surface area is 112 Å². The van der Waals surface area contributed by atoms with Crippen molar-refractivity contribution in [3.63, 3.8) is 0 Å². The molecule has 96 valence electrons. The van der Waals surface area contributed by atoms with E-state index in [1.165, 1.54) is 6.07 Å². The lowest BCUT2D eigenvalue weighted by atomic mass is 9.81. The van der Waals surface area contributed by atoms with E-state index in [2.05, 4.69) is 48.9 Å². The summed E-state index contributed by atoms with van der Waals surface area (Å²) in [6.45, 7) is 9.30. The first-order chi connectivity index (χ1) is 7.83. The minimum Gasteiger partial charge on any atom is -0.315 e. The molecule has 0 saturated carbocycles. The summed E-state index contributed by atoms with van der Waals surface area (Å²) < 4.78 is 14.7. The van der Waals surface area contributed by atoms with Gasteiger partial charge in [-0.2, -0.15) is 0 Å². The molecule has 0 fully saturated rings. The molecule has 0 aromatic heterocycles. The average molecular weight is 302 g/mol. The molecule has 0 radical (unpaired) electrons. The van der Waals surface area contributed by atoms with Crippen molar-refractivity contribution in [2.75, 3.05) is 6.54 Å². The Bertz CT molecular complexity index is 374. The standard InChI is InChI=1S/C14H21BrFN/c1-10(2)17-8-7-14(3,4)12-9-11(15)5-6-13(12)16/h5-6,9-10,17H,7-8H2,1-4H3. The summed E-state index contributed by atoms with van der Waals surface area (Å²) in [6.07, 6.45) is 0.915. The minimum absolute atomic E-state index is 0.122. The number of rotatable bonds is 5. The molecule has 0 spiro atoms. The normalized spacial score (nSPS) is 12.2. The van der Waals surface area contributed by atoms with Gasteiger partial charge in [0.05, 0.1) is 0 Å². The lowest BCUT2D eigenvalue weighted by Crippen LogP contribution is -2.30. The van der Waals surface area contributed by atoms with E-state index in [1.54, 1.807) is 6.07 Å². The van der Waals surface area contributed by atoms with Crippen LogP contribution in [0.2, 0.25) is 0 Å². The molecule has 17 heavy (non-hydrogen) atoms. The van der Waals surface area contributed by atoms with Crippen LogP contribution < -0.4 is 5.32 Å². The molecule has 0 atom stereocenters. The van der Waals surface area contributed by atoms with E-state index in [9.17, 15) is 4.39 Å². The van der Waals surface area contributed by atoms with E-state index in [0.29, 0.717) is 6.04 Å². The van der Waals surface area contributed by atoms with Gasteiger partial charge in [0, 0.05) is 10.5 Å². The molecule has 0 saturated heterocycles. The predicted molar refractivity (Wildman–Crippen MR) is 74.9 cm³/mol. The van der Waals surface area contributed by atoms with Crippen LogP contribution in [-0.2, 0) is 5.41 Å². The maximum absolute atomic E-state index is 13.8. The monoisotopic (exact) mass is 301 g/mol. The van der Waals surface area contributed by atoms with Crippen molar-refractivity contribution in [2.24, 2.45) is 0 Å². The molecule has 1 nitrogen and oxygen atoms in total. The second-order valence-electron chi connectivity index (χ2n) is 5.37. The van der Waals surface area contributed by atoms with Crippen molar-refractivity contribution in [3.8, 4) is 0 Å². The van der Waals surface area contributed by atoms with Crippen molar-refractivity contribution >= 4 is 15.9 Å². The zero-order chi connectivity index (χ0) is 13.1. The van der Waals surface area contributed by atoms with Crippen molar-refractivity contribution in [3.05, 3.63) is 34.1 Å². The van der Waals surface area contributed by atoms with Crippen LogP contribution in [0.1, 0.15) is 39.7 Å². The van der Waals surface area contributed by atoms with Gasteiger partial charge in [0.25, 0.3) is 0 Å². The molecule has 1 rings (SSSR count). The van der Waals surface area contributed by atoms with Gasteiger partial charge in [0.15, 0.2) is 0 Å². The number of benzene rings is 1. The first kappa shape index (κ1) is 14.7. The van der Waals surface area contributed by atoms with Gasteiger partial charge in [-0.15, -0.1) is 0 Å². The second kappa shape index (κ2) is 5.96. The third-order valence-electron chi connectivity index (χ3n) is 2.96. The van der Waals surface area contributed by atoms with Gasteiger partial charge < -0.3 is 5.32 Å². The van der Waals surface area contributed by atoms with Crippen LogP contribution in [0.25, 0.3) is 0 Å². The van der Waals surface area contributed by atoms with Crippen LogP contribution >= 0.6 is 15.9 Å². The van der Waals surface area contributed by atoms with E-state index in [1.807, 2.05) is 6.07 Å². The van der Waals surface area contributed by atoms with Gasteiger partial charge in [-0.05, 0) is 42.1 Å². The van der Waals surface area contributed by atoms with E-state index >= 15 is 0 Å². The quantitative estimate of drug-likeness (QED) is 0.857. The zero-order valence-electron chi connectivity index (χ0n) is 11.0. The molecule has 0 aliphatic heterocycles. The van der Waals surface area contributed by atoms with Crippen molar-refractivity contribution < 1.29 is 4.39 Å². The highest BCUT2D eigenvalue weighted by atomic mass is 79.9. The fourth-order valence-electron chi connectivity index (χ4n) is 1.82. The Morgan fingerprint density at radius 2 is 2.00 bits per heavy atom. The molecule has 0 bridgehead atoms. The summed E-state index contributed by atoms with van der Waals surface area (Å²) in [5.41, 5.74) is 0.618. The lowest BCUT2D eigenvalue weighted by molar-refractivity contribution is 0.422. The number of hydrogen-bond acceptors (Lipinski definition) is 1. The molecule has 0 aliphatic rings. The predicted octanol–water partition coefficient (Wildman–Crippen LogP) is 4.25. The molecule has 3 heteroatoms. The molecule has 1 N–H and O–H groups in total. The van der Waals surface area contributed by atoms with Crippen LogP contribution in [-0.4, -0.2) is 12.6 Å².